The van der Waals surface area contributed by atoms with Gasteiger partial charge >= 0.3 is 0 Å². The van der Waals surface area contributed by atoms with Gasteiger partial charge in [-0.3, -0.25) is 4.79 Å². The highest BCUT2D eigenvalue weighted by Crippen LogP contribution is 2.31. The molecule has 1 amide bonds. The van der Waals surface area contributed by atoms with Crippen molar-refractivity contribution < 1.29 is 4.79 Å². The van der Waals surface area contributed by atoms with Crippen LogP contribution >= 0.6 is 0 Å². The van der Waals surface area contributed by atoms with Gasteiger partial charge in [-0.1, -0.05) is 0 Å². The van der Waals surface area contributed by atoms with E-state index in [0.29, 0.717) is 0 Å². The average Bonchev–Trinajstić information content (AvgIpc) is 3.09. The number of hydrogen-bond donors (Lipinski definition) is 0. The number of aromatic nitrogens is 2. The summed E-state index contributed by atoms with van der Waals surface area (Å²) >= 11 is 0. The standard InChI is InChI=1S/C15H22N4O/c1-11-10-14(18-7-3-4-8-18)17-15(16-11)13-6-5-9-19(13)12(2)20/h10,13H,3-9H2,1-2H3/t13-/m1/s1. The molecule has 0 bridgehead atoms. The van der Waals surface area contributed by atoms with Crippen LogP contribution in [0.25, 0.3) is 0 Å². The van der Waals surface area contributed by atoms with Crippen LogP contribution in [-0.2, 0) is 4.79 Å². The first-order valence-corrected chi connectivity index (χ1v) is 7.53. The zero-order valence-electron chi connectivity index (χ0n) is 12.3. The van der Waals surface area contributed by atoms with Gasteiger partial charge in [-0.15, -0.1) is 0 Å². The maximum atomic E-state index is 11.7. The highest BCUT2D eigenvalue weighted by molar-refractivity contribution is 5.74. The van der Waals surface area contributed by atoms with Crippen LogP contribution in [-0.4, -0.2) is 40.4 Å². The summed E-state index contributed by atoms with van der Waals surface area (Å²) in [6.45, 7) is 6.64. The lowest BCUT2D eigenvalue weighted by atomic mass is 10.2. The fourth-order valence-corrected chi connectivity index (χ4v) is 3.24. The SMILES string of the molecule is CC(=O)N1CCC[C@@H]1c1nc(C)cc(N2CCCC2)n1. The average molecular weight is 274 g/mol. The second kappa shape index (κ2) is 5.38. The van der Waals surface area contributed by atoms with Gasteiger partial charge in [0.2, 0.25) is 5.91 Å². The molecule has 0 radical (unpaired) electrons. The van der Waals surface area contributed by atoms with E-state index in [2.05, 4.69) is 16.0 Å². The number of rotatable bonds is 2. The van der Waals surface area contributed by atoms with E-state index in [1.165, 1.54) is 12.8 Å². The molecular weight excluding hydrogens is 252 g/mol. The van der Waals surface area contributed by atoms with Crippen LogP contribution in [0.1, 0.15) is 50.2 Å². The van der Waals surface area contributed by atoms with E-state index in [1.807, 2.05) is 11.8 Å². The highest BCUT2D eigenvalue weighted by Gasteiger charge is 2.30. The lowest BCUT2D eigenvalue weighted by molar-refractivity contribution is -0.129. The zero-order chi connectivity index (χ0) is 14.1. The Hall–Kier alpha value is -1.65. The highest BCUT2D eigenvalue weighted by atomic mass is 16.2. The second-order valence-corrected chi connectivity index (χ2v) is 5.79. The number of likely N-dealkylation sites (tertiary alicyclic amines) is 1. The van der Waals surface area contributed by atoms with Gasteiger partial charge in [0.15, 0.2) is 5.82 Å². The molecule has 3 heterocycles. The Labute approximate surface area is 120 Å². The van der Waals surface area contributed by atoms with Crippen LogP contribution in [0, 0.1) is 6.92 Å². The number of carbonyl (C=O) groups excluding carboxylic acids is 1. The van der Waals surface area contributed by atoms with Gasteiger partial charge in [-0.25, -0.2) is 9.97 Å². The Morgan fingerprint density at radius 2 is 1.95 bits per heavy atom. The molecule has 1 aromatic heterocycles. The number of carbonyl (C=O) groups is 1. The van der Waals surface area contributed by atoms with Crippen LogP contribution in [0.15, 0.2) is 6.07 Å². The first kappa shape index (κ1) is 13.3. The Balaban J connectivity index is 1.90. The van der Waals surface area contributed by atoms with Crippen molar-refractivity contribution in [3.05, 3.63) is 17.6 Å². The lowest BCUT2D eigenvalue weighted by Crippen LogP contribution is -2.30. The second-order valence-electron chi connectivity index (χ2n) is 5.79. The Bertz CT molecular complexity index is 511. The zero-order valence-corrected chi connectivity index (χ0v) is 12.3. The van der Waals surface area contributed by atoms with Crippen molar-refractivity contribution in [1.29, 1.82) is 0 Å². The Kier molecular flexibility index (Phi) is 3.59. The molecule has 0 aromatic carbocycles. The third-order valence-corrected chi connectivity index (χ3v) is 4.24. The molecule has 5 nitrogen and oxygen atoms in total. The topological polar surface area (TPSA) is 49.3 Å². The van der Waals surface area contributed by atoms with Gasteiger partial charge in [0, 0.05) is 38.3 Å². The number of amides is 1. The minimum atomic E-state index is 0.0637. The largest absolute Gasteiger partial charge is 0.357 e. The van der Waals surface area contributed by atoms with E-state index >= 15 is 0 Å². The Morgan fingerprint density at radius 3 is 2.65 bits per heavy atom. The van der Waals surface area contributed by atoms with Crippen molar-refractivity contribution in [2.24, 2.45) is 0 Å². The summed E-state index contributed by atoms with van der Waals surface area (Å²) in [5.74, 6) is 1.97. The third kappa shape index (κ3) is 2.49. The quantitative estimate of drug-likeness (QED) is 0.828. The summed E-state index contributed by atoms with van der Waals surface area (Å²) < 4.78 is 0. The molecule has 1 atom stereocenters. The Morgan fingerprint density at radius 1 is 1.20 bits per heavy atom. The summed E-state index contributed by atoms with van der Waals surface area (Å²) in [4.78, 5) is 25.3. The monoisotopic (exact) mass is 274 g/mol. The molecule has 2 aliphatic heterocycles. The molecule has 1 aromatic rings. The summed E-state index contributed by atoms with van der Waals surface area (Å²) in [7, 11) is 0. The van der Waals surface area contributed by atoms with Gasteiger partial charge < -0.3 is 9.80 Å². The molecule has 2 fully saturated rings. The first-order chi connectivity index (χ1) is 9.65. The maximum Gasteiger partial charge on any atom is 0.220 e. The summed E-state index contributed by atoms with van der Waals surface area (Å²) in [6, 6.07) is 2.12. The molecule has 0 N–H and O–H groups in total. The molecule has 2 saturated heterocycles. The van der Waals surface area contributed by atoms with E-state index < -0.39 is 0 Å². The predicted octanol–water partition coefficient (Wildman–Crippen LogP) is 2.07. The minimum absolute atomic E-state index is 0.0637. The summed E-state index contributed by atoms with van der Waals surface area (Å²) in [6.07, 6.45) is 4.49. The van der Waals surface area contributed by atoms with Crippen LogP contribution in [0.2, 0.25) is 0 Å². The van der Waals surface area contributed by atoms with E-state index in [1.54, 1.807) is 6.92 Å². The van der Waals surface area contributed by atoms with Crippen molar-refractivity contribution in [2.75, 3.05) is 24.5 Å². The smallest absolute Gasteiger partial charge is 0.220 e. The molecule has 2 aliphatic rings. The normalized spacial score (nSPS) is 22.6. The molecule has 0 saturated carbocycles. The summed E-state index contributed by atoms with van der Waals surface area (Å²) in [5, 5.41) is 0. The first-order valence-electron chi connectivity index (χ1n) is 7.53. The van der Waals surface area contributed by atoms with E-state index in [-0.39, 0.29) is 11.9 Å². The number of nitrogens with zero attached hydrogens (tertiary/aromatic N) is 4. The van der Waals surface area contributed by atoms with E-state index in [9.17, 15) is 4.79 Å². The molecule has 0 unspecified atom stereocenters. The van der Waals surface area contributed by atoms with Crippen LogP contribution in [0.3, 0.4) is 0 Å². The van der Waals surface area contributed by atoms with Gasteiger partial charge in [0.25, 0.3) is 0 Å². The number of aryl methyl sites for hydroxylation is 1. The van der Waals surface area contributed by atoms with Crippen molar-refractivity contribution in [3.63, 3.8) is 0 Å². The maximum absolute atomic E-state index is 11.7. The lowest BCUT2D eigenvalue weighted by Gasteiger charge is -2.24. The molecule has 108 valence electrons. The van der Waals surface area contributed by atoms with Crippen LogP contribution in [0.5, 0.6) is 0 Å². The van der Waals surface area contributed by atoms with Crippen LogP contribution in [0.4, 0.5) is 5.82 Å². The molecule has 5 heteroatoms. The summed E-state index contributed by atoms with van der Waals surface area (Å²) in [5.41, 5.74) is 0.993. The van der Waals surface area contributed by atoms with Gasteiger partial charge in [-0.05, 0) is 32.6 Å². The van der Waals surface area contributed by atoms with Crippen molar-refractivity contribution in [3.8, 4) is 0 Å². The minimum Gasteiger partial charge on any atom is -0.357 e. The number of anilines is 1. The molecule has 20 heavy (non-hydrogen) atoms. The van der Waals surface area contributed by atoms with E-state index in [4.69, 9.17) is 4.98 Å². The number of hydrogen-bond acceptors (Lipinski definition) is 4. The van der Waals surface area contributed by atoms with Gasteiger partial charge in [0.05, 0.1) is 6.04 Å². The van der Waals surface area contributed by atoms with E-state index in [0.717, 1.165) is 49.8 Å². The van der Waals surface area contributed by atoms with Gasteiger partial charge in [-0.2, -0.15) is 0 Å². The van der Waals surface area contributed by atoms with Crippen LogP contribution < -0.4 is 4.90 Å². The molecular formula is C15H22N4O. The van der Waals surface area contributed by atoms with Gasteiger partial charge in [0.1, 0.15) is 5.82 Å². The molecule has 3 rings (SSSR count). The molecule has 0 spiro atoms. The van der Waals surface area contributed by atoms with Crippen molar-refractivity contribution in [1.82, 2.24) is 14.9 Å². The predicted molar refractivity (Wildman–Crippen MR) is 77.6 cm³/mol. The van der Waals surface area contributed by atoms with Crippen molar-refractivity contribution >= 4 is 11.7 Å². The fraction of sp³-hybridized carbons (Fsp3) is 0.667. The molecule has 0 aliphatic carbocycles. The fourth-order valence-electron chi connectivity index (χ4n) is 3.24. The van der Waals surface area contributed by atoms with Crippen molar-refractivity contribution in [2.45, 2.75) is 45.6 Å². The third-order valence-electron chi connectivity index (χ3n) is 4.24.